The molecule has 0 aromatic rings. The normalized spacial score (nSPS) is 11.6. The molecule has 0 atom stereocenters. The number of amides is 1. The van der Waals surface area contributed by atoms with Gasteiger partial charge in [0.1, 0.15) is 6.61 Å². The maximum Gasteiger partial charge on any atom is 0.249 e. The lowest BCUT2D eigenvalue weighted by atomic mass is 10.1. The van der Waals surface area contributed by atoms with Crippen LogP contribution < -0.4 is 0 Å². The van der Waals surface area contributed by atoms with Gasteiger partial charge in [-0.25, -0.2) is 0 Å². The highest BCUT2D eigenvalue weighted by molar-refractivity contribution is 5.78. The molecule has 0 heterocycles. The molecule has 0 saturated carbocycles. The van der Waals surface area contributed by atoms with E-state index in [1.165, 1.54) is 0 Å². The monoisotopic (exact) mass is 263 g/mol. The highest BCUT2D eigenvalue weighted by atomic mass is 16.5. The molecule has 0 saturated heterocycles. The van der Waals surface area contributed by atoms with Gasteiger partial charge in [-0.1, -0.05) is 0 Å². The smallest absolute Gasteiger partial charge is 0.249 e. The molecule has 0 bridgehead atoms. The van der Waals surface area contributed by atoms with Gasteiger partial charge in [-0.15, -0.1) is 0 Å². The molecule has 2 N–H and O–H groups in total. The minimum Gasteiger partial charge on any atom is -0.394 e. The number of hydrogen-bond donors (Lipinski definition) is 2. The molecule has 0 aliphatic carbocycles. The molecule has 0 aliphatic heterocycles. The number of carbonyl (C=O) groups excluding carboxylic acids is 1. The fourth-order valence-corrected chi connectivity index (χ4v) is 1.46. The van der Waals surface area contributed by atoms with Gasteiger partial charge >= 0.3 is 0 Å². The zero-order valence-corrected chi connectivity index (χ0v) is 11.5. The average Bonchev–Trinajstić information content (AvgIpc) is 2.27. The van der Waals surface area contributed by atoms with Crippen LogP contribution in [0.15, 0.2) is 0 Å². The van der Waals surface area contributed by atoms with Crippen molar-refractivity contribution in [1.29, 1.82) is 0 Å². The van der Waals surface area contributed by atoms with Gasteiger partial charge in [-0.2, -0.15) is 0 Å². The molecular weight excluding hydrogens is 238 g/mol. The summed E-state index contributed by atoms with van der Waals surface area (Å²) in [4.78, 5) is 13.6. The minimum atomic E-state index is -0.317. The largest absolute Gasteiger partial charge is 0.394 e. The minimum absolute atomic E-state index is 0.0247. The van der Waals surface area contributed by atoms with Crippen LogP contribution in [0.25, 0.3) is 0 Å². The third-order valence-corrected chi connectivity index (χ3v) is 2.27. The average molecular weight is 263 g/mol. The quantitative estimate of drug-likeness (QED) is 0.555. The molecule has 0 unspecified atom stereocenters. The van der Waals surface area contributed by atoms with E-state index in [0.29, 0.717) is 13.2 Å². The first-order chi connectivity index (χ1) is 8.43. The molecular formula is C12H25NO5. The highest BCUT2D eigenvalue weighted by Gasteiger charge is 2.25. The summed E-state index contributed by atoms with van der Waals surface area (Å²) >= 11 is 0. The van der Waals surface area contributed by atoms with Gasteiger partial charge in [0.25, 0.3) is 0 Å². The van der Waals surface area contributed by atoms with Crippen molar-refractivity contribution in [3.05, 3.63) is 0 Å². The number of ether oxygens (including phenoxy) is 2. The first-order valence-electron chi connectivity index (χ1n) is 6.11. The molecule has 0 fully saturated rings. The molecule has 0 radical (unpaired) electrons. The third-order valence-electron chi connectivity index (χ3n) is 2.27. The van der Waals surface area contributed by atoms with Crippen LogP contribution in [-0.4, -0.2) is 72.7 Å². The van der Waals surface area contributed by atoms with E-state index in [1.807, 2.05) is 20.8 Å². The van der Waals surface area contributed by atoms with Gasteiger partial charge < -0.3 is 24.6 Å². The Morgan fingerprint density at radius 2 is 1.61 bits per heavy atom. The molecule has 6 nitrogen and oxygen atoms in total. The summed E-state index contributed by atoms with van der Waals surface area (Å²) in [6.45, 7) is 6.89. The van der Waals surface area contributed by atoms with Crippen molar-refractivity contribution < 1.29 is 24.5 Å². The molecule has 0 spiro atoms. The second-order valence-corrected chi connectivity index (χ2v) is 4.83. The van der Waals surface area contributed by atoms with Gasteiger partial charge in [-0.3, -0.25) is 4.79 Å². The SMILES string of the molecule is CC(C)(C)N(CCOCCO)C(=O)COCCO. The fraction of sp³-hybridized carbons (Fsp3) is 0.917. The maximum atomic E-state index is 11.9. The van der Waals surface area contributed by atoms with Gasteiger partial charge in [0.05, 0.1) is 33.0 Å². The van der Waals surface area contributed by atoms with E-state index < -0.39 is 0 Å². The van der Waals surface area contributed by atoms with Crippen LogP contribution in [0.1, 0.15) is 20.8 Å². The summed E-state index contributed by atoms with van der Waals surface area (Å²) in [6, 6.07) is 0. The lowest BCUT2D eigenvalue weighted by molar-refractivity contribution is -0.142. The molecule has 108 valence electrons. The Morgan fingerprint density at radius 3 is 2.11 bits per heavy atom. The summed E-state index contributed by atoms with van der Waals surface area (Å²) in [5.41, 5.74) is -0.317. The Morgan fingerprint density at radius 1 is 1.06 bits per heavy atom. The van der Waals surface area contributed by atoms with E-state index >= 15 is 0 Å². The van der Waals surface area contributed by atoms with Crippen molar-refractivity contribution in [3.8, 4) is 0 Å². The number of aliphatic hydroxyl groups is 2. The van der Waals surface area contributed by atoms with Crippen LogP contribution in [0.3, 0.4) is 0 Å². The Balaban J connectivity index is 4.18. The second-order valence-electron chi connectivity index (χ2n) is 4.83. The van der Waals surface area contributed by atoms with Crippen LogP contribution >= 0.6 is 0 Å². The van der Waals surface area contributed by atoms with Gasteiger partial charge in [-0.05, 0) is 20.8 Å². The van der Waals surface area contributed by atoms with Crippen molar-refractivity contribution in [1.82, 2.24) is 4.90 Å². The van der Waals surface area contributed by atoms with E-state index in [0.717, 1.165) is 0 Å². The first-order valence-corrected chi connectivity index (χ1v) is 6.11. The Hall–Kier alpha value is -0.690. The predicted octanol–water partition coefficient (Wildman–Crippen LogP) is -0.369. The van der Waals surface area contributed by atoms with E-state index in [4.69, 9.17) is 19.7 Å². The second kappa shape index (κ2) is 9.27. The lowest BCUT2D eigenvalue weighted by Gasteiger charge is -2.35. The predicted molar refractivity (Wildman–Crippen MR) is 67.3 cm³/mol. The van der Waals surface area contributed by atoms with E-state index in [9.17, 15) is 4.79 Å². The van der Waals surface area contributed by atoms with Crippen LogP contribution in [-0.2, 0) is 14.3 Å². The molecule has 1 amide bonds. The molecule has 18 heavy (non-hydrogen) atoms. The molecule has 0 aromatic carbocycles. The van der Waals surface area contributed by atoms with E-state index in [1.54, 1.807) is 4.90 Å². The van der Waals surface area contributed by atoms with Gasteiger partial charge in [0.2, 0.25) is 5.91 Å². The zero-order chi connectivity index (χ0) is 14.0. The summed E-state index contributed by atoms with van der Waals surface area (Å²) in [7, 11) is 0. The standard InChI is InChI=1S/C12H25NO5/c1-12(2,3)13(4-7-17-8-5-14)11(16)10-18-9-6-15/h14-15H,4-10H2,1-3H3. The Bertz CT molecular complexity index is 227. The highest BCUT2D eigenvalue weighted by Crippen LogP contribution is 2.13. The maximum absolute atomic E-state index is 11.9. The van der Waals surface area contributed by atoms with Gasteiger partial charge in [0, 0.05) is 12.1 Å². The zero-order valence-electron chi connectivity index (χ0n) is 11.5. The summed E-state index contributed by atoms with van der Waals surface area (Å²) in [5.74, 6) is -0.136. The van der Waals surface area contributed by atoms with Crippen LogP contribution in [0.4, 0.5) is 0 Å². The number of rotatable bonds is 9. The molecule has 0 aromatic heterocycles. The van der Waals surface area contributed by atoms with Crippen molar-refractivity contribution in [2.45, 2.75) is 26.3 Å². The fourth-order valence-electron chi connectivity index (χ4n) is 1.46. The van der Waals surface area contributed by atoms with Crippen molar-refractivity contribution >= 4 is 5.91 Å². The first kappa shape index (κ1) is 17.3. The van der Waals surface area contributed by atoms with Crippen molar-refractivity contribution in [2.24, 2.45) is 0 Å². The topological polar surface area (TPSA) is 79.2 Å². The van der Waals surface area contributed by atoms with Crippen LogP contribution in [0.5, 0.6) is 0 Å². The van der Waals surface area contributed by atoms with Crippen LogP contribution in [0, 0.1) is 0 Å². The number of carbonyl (C=O) groups is 1. The van der Waals surface area contributed by atoms with Crippen molar-refractivity contribution in [2.75, 3.05) is 46.2 Å². The summed E-state index contributed by atoms with van der Waals surface area (Å²) in [6.07, 6.45) is 0. The number of nitrogens with zero attached hydrogens (tertiary/aromatic N) is 1. The number of aliphatic hydroxyl groups excluding tert-OH is 2. The Labute approximate surface area is 108 Å². The number of hydrogen-bond acceptors (Lipinski definition) is 5. The summed E-state index contributed by atoms with van der Waals surface area (Å²) in [5, 5.41) is 17.2. The van der Waals surface area contributed by atoms with E-state index in [2.05, 4.69) is 0 Å². The summed E-state index contributed by atoms with van der Waals surface area (Å²) < 4.78 is 10.2. The Kier molecular flexibility index (Phi) is 8.91. The molecule has 6 heteroatoms. The molecule has 0 aliphatic rings. The lowest BCUT2D eigenvalue weighted by Crippen LogP contribution is -2.48. The van der Waals surface area contributed by atoms with E-state index in [-0.39, 0.29) is 44.5 Å². The van der Waals surface area contributed by atoms with Gasteiger partial charge in [0.15, 0.2) is 0 Å². The third kappa shape index (κ3) is 7.60. The molecule has 0 rings (SSSR count). The van der Waals surface area contributed by atoms with Crippen LogP contribution in [0.2, 0.25) is 0 Å². The van der Waals surface area contributed by atoms with Crippen molar-refractivity contribution in [3.63, 3.8) is 0 Å².